The van der Waals surface area contributed by atoms with Crippen molar-refractivity contribution in [1.82, 2.24) is 4.98 Å². The van der Waals surface area contributed by atoms with Crippen LogP contribution in [0.2, 0.25) is 0 Å². The third-order valence-corrected chi connectivity index (χ3v) is 9.22. The van der Waals surface area contributed by atoms with E-state index in [0.717, 1.165) is 41.3 Å². The van der Waals surface area contributed by atoms with Crippen LogP contribution in [0, 0.1) is 19.8 Å². The number of pyridine rings is 1. The normalized spacial score (nSPS) is 15.0. The fourth-order valence-electron chi connectivity index (χ4n) is 4.05. The lowest BCUT2D eigenvalue weighted by molar-refractivity contribution is -0.113. The predicted octanol–water partition coefficient (Wildman–Crippen LogP) is 5.29. The number of nitrogens with one attached hydrogen (secondary N) is 1. The summed E-state index contributed by atoms with van der Waals surface area (Å²) in [4.78, 5) is 22.0. The van der Waals surface area contributed by atoms with Gasteiger partial charge in [0.1, 0.15) is 0 Å². The number of benzene rings is 2. The van der Waals surface area contributed by atoms with Crippen LogP contribution in [0.3, 0.4) is 0 Å². The third-order valence-electron chi connectivity index (χ3n) is 6.38. The number of carbonyl (C=O) groups is 1. The highest BCUT2D eigenvalue weighted by atomic mass is 32.2. The van der Waals surface area contributed by atoms with Crippen LogP contribution in [0.1, 0.15) is 35.1 Å². The summed E-state index contributed by atoms with van der Waals surface area (Å²) < 4.78 is 24.7. The van der Waals surface area contributed by atoms with Gasteiger partial charge in [-0.25, -0.2) is 13.4 Å². The van der Waals surface area contributed by atoms with E-state index in [2.05, 4.69) is 36.3 Å². The number of rotatable bonds is 8. The van der Waals surface area contributed by atoms with E-state index in [9.17, 15) is 13.2 Å². The Labute approximate surface area is 210 Å². The van der Waals surface area contributed by atoms with Gasteiger partial charge in [-0.2, -0.15) is 0 Å². The first kappa shape index (κ1) is 23.8. The van der Waals surface area contributed by atoms with E-state index >= 15 is 0 Å². The number of aryl methyl sites for hydroxylation is 2. The molecule has 0 atom stereocenters. The number of sulfone groups is 1. The van der Waals surface area contributed by atoms with Crippen molar-refractivity contribution in [3.05, 3.63) is 77.0 Å². The molecule has 35 heavy (non-hydrogen) atoms. The highest BCUT2D eigenvalue weighted by Gasteiger charge is 2.29. The fourth-order valence-corrected chi connectivity index (χ4v) is 6.39. The van der Waals surface area contributed by atoms with Gasteiger partial charge in [0, 0.05) is 23.9 Å². The zero-order chi connectivity index (χ0) is 24.6. The first-order valence-electron chi connectivity index (χ1n) is 11.7. The summed E-state index contributed by atoms with van der Waals surface area (Å²) >= 11 is 1.35. The molecule has 0 radical (unpaired) electrons. The van der Waals surface area contributed by atoms with E-state index < -0.39 is 9.84 Å². The molecule has 5 rings (SSSR count). The number of aromatic nitrogens is 1. The second kappa shape index (κ2) is 9.59. The third kappa shape index (κ3) is 5.65. The summed E-state index contributed by atoms with van der Waals surface area (Å²) in [5.41, 5.74) is 7.37. The molecule has 1 N–H and O–H groups in total. The monoisotopic (exact) mass is 505 g/mol. The topological polar surface area (TPSA) is 88.5 Å². The summed E-state index contributed by atoms with van der Waals surface area (Å²) in [5, 5.41) is 3.58. The molecule has 0 unspecified atom stereocenters. The van der Waals surface area contributed by atoms with Crippen molar-refractivity contribution in [2.75, 3.05) is 16.8 Å². The zero-order valence-corrected chi connectivity index (χ0v) is 21.4. The number of hydrogen-bond acceptors (Lipinski definition) is 6. The standard InChI is InChI=1S/C27H27N3O3S2/c1-17-11-21-13-25(30-24(21)12-18(17)2)20-5-10-27(28-14-20)34-15-26(31)29-22-6-8-23(9-7-22)35(32,33)16-19-3-4-19/h5-12,14,19H,3-4,13,15-16H2,1-2H3,(H,29,31). The minimum absolute atomic E-state index is 0.171. The molecule has 0 saturated heterocycles. The van der Waals surface area contributed by atoms with Gasteiger partial charge in [0.05, 0.1) is 32.8 Å². The molecule has 0 spiro atoms. The summed E-state index contributed by atoms with van der Waals surface area (Å²) in [7, 11) is -3.25. The molecule has 1 saturated carbocycles. The van der Waals surface area contributed by atoms with Crippen LogP contribution in [0.25, 0.3) is 0 Å². The molecule has 8 heteroatoms. The quantitative estimate of drug-likeness (QED) is 0.420. The van der Waals surface area contributed by atoms with Crippen molar-refractivity contribution in [3.63, 3.8) is 0 Å². The van der Waals surface area contributed by atoms with Crippen molar-refractivity contribution < 1.29 is 13.2 Å². The van der Waals surface area contributed by atoms with Crippen LogP contribution < -0.4 is 5.32 Å². The first-order chi connectivity index (χ1) is 16.8. The molecule has 180 valence electrons. The van der Waals surface area contributed by atoms with E-state index in [1.165, 1.54) is 28.5 Å². The van der Waals surface area contributed by atoms with Gasteiger partial charge >= 0.3 is 0 Å². The molecule has 1 aromatic heterocycles. The Kier molecular flexibility index (Phi) is 6.51. The Hall–Kier alpha value is -2.97. The van der Waals surface area contributed by atoms with Gasteiger partial charge in [0.2, 0.25) is 5.91 Å². The smallest absolute Gasteiger partial charge is 0.234 e. The van der Waals surface area contributed by atoms with E-state index in [1.807, 2.05) is 18.3 Å². The van der Waals surface area contributed by atoms with E-state index in [1.54, 1.807) is 24.3 Å². The predicted molar refractivity (Wildman–Crippen MR) is 141 cm³/mol. The number of anilines is 1. The minimum atomic E-state index is -3.25. The van der Waals surface area contributed by atoms with Crippen LogP contribution in [-0.2, 0) is 21.1 Å². The highest BCUT2D eigenvalue weighted by Crippen LogP contribution is 2.33. The number of nitrogens with zero attached hydrogens (tertiary/aromatic N) is 2. The average Bonchev–Trinajstić information content (AvgIpc) is 3.55. The summed E-state index contributed by atoms with van der Waals surface area (Å²) in [6.45, 7) is 4.22. The molecule has 3 aromatic rings. The number of aliphatic imine (C=N–C) groups is 1. The Morgan fingerprint density at radius 2 is 1.80 bits per heavy atom. The van der Waals surface area contributed by atoms with Gasteiger partial charge in [0.15, 0.2) is 9.84 Å². The van der Waals surface area contributed by atoms with Crippen LogP contribution in [0.15, 0.2) is 69.6 Å². The Balaban J connectivity index is 1.14. The fraction of sp³-hybridized carbons (Fsp3) is 0.296. The van der Waals surface area contributed by atoms with Crippen molar-refractivity contribution >= 4 is 44.6 Å². The number of thioether (sulfide) groups is 1. The summed E-state index contributed by atoms with van der Waals surface area (Å²) in [6.07, 6.45) is 4.59. The van der Waals surface area contributed by atoms with Gasteiger partial charge in [-0.05, 0) is 91.8 Å². The lowest BCUT2D eigenvalue weighted by Crippen LogP contribution is -2.14. The Bertz CT molecular complexity index is 1410. The van der Waals surface area contributed by atoms with E-state index in [-0.39, 0.29) is 17.4 Å². The van der Waals surface area contributed by atoms with Crippen LogP contribution in [0.5, 0.6) is 0 Å². The van der Waals surface area contributed by atoms with Crippen molar-refractivity contribution in [1.29, 1.82) is 0 Å². The molecule has 1 aliphatic carbocycles. The van der Waals surface area contributed by atoms with Gasteiger partial charge < -0.3 is 5.32 Å². The van der Waals surface area contributed by atoms with Gasteiger partial charge in [-0.1, -0.05) is 17.8 Å². The Morgan fingerprint density at radius 3 is 2.49 bits per heavy atom. The zero-order valence-electron chi connectivity index (χ0n) is 19.7. The lowest BCUT2D eigenvalue weighted by Gasteiger charge is -2.07. The second-order valence-corrected chi connectivity index (χ2v) is 12.3. The molecule has 1 fully saturated rings. The first-order valence-corrected chi connectivity index (χ1v) is 14.3. The second-order valence-electron chi connectivity index (χ2n) is 9.27. The Morgan fingerprint density at radius 1 is 1.06 bits per heavy atom. The van der Waals surface area contributed by atoms with Gasteiger partial charge in [-0.15, -0.1) is 0 Å². The number of amides is 1. The molecule has 0 bridgehead atoms. The van der Waals surface area contributed by atoms with Crippen LogP contribution in [-0.4, -0.2) is 36.5 Å². The maximum Gasteiger partial charge on any atom is 0.234 e. The molecule has 1 amide bonds. The molecule has 2 aromatic carbocycles. The van der Waals surface area contributed by atoms with Crippen molar-refractivity contribution in [3.8, 4) is 0 Å². The number of hydrogen-bond donors (Lipinski definition) is 1. The van der Waals surface area contributed by atoms with Crippen LogP contribution >= 0.6 is 11.8 Å². The molecular formula is C27H27N3O3S2. The highest BCUT2D eigenvalue weighted by molar-refractivity contribution is 7.99. The van der Waals surface area contributed by atoms with E-state index in [4.69, 9.17) is 4.99 Å². The van der Waals surface area contributed by atoms with Crippen molar-refractivity contribution in [2.45, 2.75) is 43.0 Å². The largest absolute Gasteiger partial charge is 0.325 e. The SMILES string of the molecule is Cc1cc2c(cc1C)N=C(c1ccc(SCC(=O)Nc3ccc(S(=O)(=O)CC4CC4)cc3)nc1)C2. The lowest BCUT2D eigenvalue weighted by atomic mass is 10.0. The van der Waals surface area contributed by atoms with Gasteiger partial charge in [-0.3, -0.25) is 9.79 Å². The summed E-state index contributed by atoms with van der Waals surface area (Å²) in [6, 6.07) is 14.7. The molecule has 6 nitrogen and oxygen atoms in total. The average molecular weight is 506 g/mol. The molecule has 2 aliphatic rings. The molecule has 2 heterocycles. The molecular weight excluding hydrogens is 478 g/mol. The number of fused-ring (bicyclic) bond motifs is 1. The number of carbonyl (C=O) groups excluding carboxylic acids is 1. The van der Waals surface area contributed by atoms with Crippen LogP contribution in [0.4, 0.5) is 11.4 Å². The van der Waals surface area contributed by atoms with E-state index in [0.29, 0.717) is 16.5 Å². The minimum Gasteiger partial charge on any atom is -0.325 e. The summed E-state index contributed by atoms with van der Waals surface area (Å²) in [5.74, 6) is 0.547. The maximum absolute atomic E-state index is 12.4. The van der Waals surface area contributed by atoms with Crippen molar-refractivity contribution in [2.24, 2.45) is 10.9 Å². The molecule has 1 aliphatic heterocycles. The van der Waals surface area contributed by atoms with Gasteiger partial charge in [0.25, 0.3) is 0 Å². The maximum atomic E-state index is 12.4.